The molecule has 4 rings (SSSR count). The predicted molar refractivity (Wildman–Crippen MR) is 121 cm³/mol. The number of nitrogens with one attached hydrogen (secondary N) is 1. The molecule has 3 aromatic carbocycles. The SMILES string of the molecule is Cc1cccc(NC(=O)CSc2nc3ccccc3n2Cc2ccccc2)c1C. The van der Waals surface area contributed by atoms with E-state index in [1.807, 2.05) is 68.4 Å². The average Bonchev–Trinajstić information content (AvgIpc) is 3.08. The number of nitrogens with zero attached hydrogens (tertiary/aromatic N) is 2. The van der Waals surface area contributed by atoms with Crippen molar-refractivity contribution in [3.8, 4) is 0 Å². The maximum Gasteiger partial charge on any atom is 0.234 e. The van der Waals surface area contributed by atoms with Gasteiger partial charge < -0.3 is 9.88 Å². The van der Waals surface area contributed by atoms with Gasteiger partial charge in [0.25, 0.3) is 0 Å². The first-order valence-electron chi connectivity index (χ1n) is 9.60. The number of fused-ring (bicyclic) bond motifs is 1. The van der Waals surface area contributed by atoms with Crippen LogP contribution in [0.1, 0.15) is 16.7 Å². The number of rotatable bonds is 6. The topological polar surface area (TPSA) is 46.9 Å². The summed E-state index contributed by atoms with van der Waals surface area (Å²) < 4.78 is 2.18. The maximum absolute atomic E-state index is 12.6. The van der Waals surface area contributed by atoms with Crippen LogP contribution in [0.15, 0.2) is 78.0 Å². The Hall–Kier alpha value is -3.05. The van der Waals surface area contributed by atoms with Crippen molar-refractivity contribution in [2.24, 2.45) is 0 Å². The van der Waals surface area contributed by atoms with Gasteiger partial charge in [-0.2, -0.15) is 0 Å². The molecule has 1 N–H and O–H groups in total. The van der Waals surface area contributed by atoms with Crippen molar-refractivity contribution in [1.29, 1.82) is 0 Å². The van der Waals surface area contributed by atoms with Crippen molar-refractivity contribution in [3.63, 3.8) is 0 Å². The van der Waals surface area contributed by atoms with Crippen LogP contribution >= 0.6 is 11.8 Å². The van der Waals surface area contributed by atoms with Crippen LogP contribution in [0.2, 0.25) is 0 Å². The number of hydrogen-bond donors (Lipinski definition) is 1. The van der Waals surface area contributed by atoms with E-state index in [9.17, 15) is 4.79 Å². The van der Waals surface area contributed by atoms with E-state index in [0.29, 0.717) is 5.75 Å². The molecule has 0 saturated heterocycles. The van der Waals surface area contributed by atoms with Gasteiger partial charge in [-0.25, -0.2) is 4.98 Å². The summed E-state index contributed by atoms with van der Waals surface area (Å²) in [5.74, 6) is 0.285. The van der Waals surface area contributed by atoms with Gasteiger partial charge in [0.15, 0.2) is 5.16 Å². The molecule has 0 fully saturated rings. The summed E-state index contributed by atoms with van der Waals surface area (Å²) in [6, 6.07) is 24.4. The van der Waals surface area contributed by atoms with Gasteiger partial charge in [-0.15, -0.1) is 0 Å². The Morgan fingerprint density at radius 2 is 1.72 bits per heavy atom. The van der Waals surface area contributed by atoms with Crippen molar-refractivity contribution >= 4 is 34.4 Å². The lowest BCUT2D eigenvalue weighted by Gasteiger charge is -2.11. The Balaban J connectivity index is 1.53. The van der Waals surface area contributed by atoms with Crippen LogP contribution in [-0.2, 0) is 11.3 Å². The van der Waals surface area contributed by atoms with E-state index in [1.54, 1.807) is 0 Å². The first kappa shape index (κ1) is 19.3. The van der Waals surface area contributed by atoms with Crippen LogP contribution < -0.4 is 5.32 Å². The summed E-state index contributed by atoms with van der Waals surface area (Å²) in [7, 11) is 0. The van der Waals surface area contributed by atoms with Gasteiger partial charge in [0.1, 0.15) is 0 Å². The van der Waals surface area contributed by atoms with Crippen LogP contribution in [0.3, 0.4) is 0 Å². The minimum absolute atomic E-state index is 0.0259. The van der Waals surface area contributed by atoms with Gasteiger partial charge in [0.2, 0.25) is 5.91 Å². The summed E-state index contributed by atoms with van der Waals surface area (Å²) >= 11 is 1.47. The van der Waals surface area contributed by atoms with Crippen LogP contribution in [0.5, 0.6) is 0 Å². The predicted octanol–water partition coefficient (Wildman–Crippen LogP) is 5.43. The van der Waals surface area contributed by atoms with Crippen LogP contribution in [0, 0.1) is 13.8 Å². The van der Waals surface area contributed by atoms with E-state index < -0.39 is 0 Å². The lowest BCUT2D eigenvalue weighted by molar-refractivity contribution is -0.113. The van der Waals surface area contributed by atoms with E-state index >= 15 is 0 Å². The normalized spacial score (nSPS) is 11.0. The molecule has 0 atom stereocenters. The molecule has 0 bridgehead atoms. The molecular formula is C24H23N3OS. The number of carbonyl (C=O) groups excluding carboxylic acids is 1. The number of hydrogen-bond acceptors (Lipinski definition) is 3. The lowest BCUT2D eigenvalue weighted by Crippen LogP contribution is -2.15. The zero-order valence-corrected chi connectivity index (χ0v) is 17.4. The highest BCUT2D eigenvalue weighted by Crippen LogP contribution is 2.26. The molecule has 5 heteroatoms. The Bertz CT molecular complexity index is 1150. The zero-order chi connectivity index (χ0) is 20.2. The van der Waals surface area contributed by atoms with Gasteiger partial charge in [-0.1, -0.05) is 66.4 Å². The molecule has 0 unspecified atom stereocenters. The molecule has 29 heavy (non-hydrogen) atoms. The van der Waals surface area contributed by atoms with Crippen LogP contribution in [0.4, 0.5) is 5.69 Å². The molecule has 1 heterocycles. The largest absolute Gasteiger partial charge is 0.325 e. The number of benzene rings is 3. The number of imidazole rings is 1. The second kappa shape index (κ2) is 8.53. The first-order valence-corrected chi connectivity index (χ1v) is 10.6. The molecule has 0 radical (unpaired) electrons. The number of aryl methyl sites for hydroxylation is 1. The molecule has 0 saturated carbocycles. The molecule has 0 aliphatic carbocycles. The van der Waals surface area contributed by atoms with E-state index in [0.717, 1.165) is 34.0 Å². The van der Waals surface area contributed by atoms with Crippen LogP contribution in [-0.4, -0.2) is 21.2 Å². The Morgan fingerprint density at radius 3 is 2.55 bits per heavy atom. The standard InChI is InChI=1S/C24H23N3OS/c1-17-9-8-13-20(18(17)2)25-23(28)16-29-24-26-21-12-6-7-14-22(21)27(24)15-19-10-4-3-5-11-19/h3-14H,15-16H2,1-2H3,(H,25,28). The van der Waals surface area contributed by atoms with Crippen LogP contribution in [0.25, 0.3) is 11.0 Å². The van der Waals surface area contributed by atoms with E-state index in [2.05, 4.69) is 28.1 Å². The highest BCUT2D eigenvalue weighted by Gasteiger charge is 2.14. The Labute approximate surface area is 175 Å². The Morgan fingerprint density at radius 1 is 0.966 bits per heavy atom. The van der Waals surface area contributed by atoms with Crippen molar-refractivity contribution < 1.29 is 4.79 Å². The number of anilines is 1. The molecule has 4 aromatic rings. The molecule has 4 nitrogen and oxygen atoms in total. The smallest absolute Gasteiger partial charge is 0.234 e. The molecule has 1 amide bonds. The third-order valence-corrected chi connectivity index (χ3v) is 5.99. The fourth-order valence-electron chi connectivity index (χ4n) is 3.29. The number of thioether (sulfide) groups is 1. The van der Waals surface area contributed by atoms with E-state index in [4.69, 9.17) is 4.98 Å². The Kier molecular flexibility index (Phi) is 5.67. The van der Waals surface area contributed by atoms with E-state index in [1.165, 1.54) is 22.9 Å². The monoisotopic (exact) mass is 401 g/mol. The van der Waals surface area contributed by atoms with Gasteiger partial charge in [0, 0.05) is 5.69 Å². The van der Waals surface area contributed by atoms with Crippen molar-refractivity contribution in [1.82, 2.24) is 9.55 Å². The number of para-hydroxylation sites is 2. The minimum Gasteiger partial charge on any atom is -0.325 e. The summed E-state index contributed by atoms with van der Waals surface area (Å²) in [5.41, 5.74) is 6.36. The second-order valence-corrected chi connectivity index (χ2v) is 7.98. The number of aromatic nitrogens is 2. The lowest BCUT2D eigenvalue weighted by atomic mass is 10.1. The van der Waals surface area contributed by atoms with Crippen molar-refractivity contribution in [3.05, 3.63) is 89.5 Å². The van der Waals surface area contributed by atoms with Crippen molar-refractivity contribution in [2.45, 2.75) is 25.5 Å². The fraction of sp³-hybridized carbons (Fsp3) is 0.167. The molecule has 0 aliphatic heterocycles. The van der Waals surface area contributed by atoms with Gasteiger partial charge in [0.05, 0.1) is 23.3 Å². The number of amides is 1. The highest BCUT2D eigenvalue weighted by molar-refractivity contribution is 7.99. The molecule has 0 spiro atoms. The fourth-order valence-corrected chi connectivity index (χ4v) is 4.10. The summed E-state index contributed by atoms with van der Waals surface area (Å²) in [6.45, 7) is 4.80. The average molecular weight is 402 g/mol. The summed E-state index contributed by atoms with van der Waals surface area (Å²) in [5, 5.41) is 3.88. The minimum atomic E-state index is -0.0259. The van der Waals surface area contributed by atoms with E-state index in [-0.39, 0.29) is 5.91 Å². The third-order valence-electron chi connectivity index (χ3n) is 5.01. The quantitative estimate of drug-likeness (QED) is 0.438. The third kappa shape index (κ3) is 4.35. The second-order valence-electron chi connectivity index (χ2n) is 7.04. The highest BCUT2D eigenvalue weighted by atomic mass is 32.2. The zero-order valence-electron chi connectivity index (χ0n) is 16.6. The molecule has 146 valence electrons. The van der Waals surface area contributed by atoms with Crippen molar-refractivity contribution in [2.75, 3.05) is 11.1 Å². The van der Waals surface area contributed by atoms with Gasteiger partial charge in [-0.3, -0.25) is 4.79 Å². The summed E-state index contributed by atoms with van der Waals surface area (Å²) in [6.07, 6.45) is 0. The summed E-state index contributed by atoms with van der Waals surface area (Å²) in [4.78, 5) is 17.3. The molecule has 1 aromatic heterocycles. The van der Waals surface area contributed by atoms with Gasteiger partial charge >= 0.3 is 0 Å². The first-order chi connectivity index (χ1) is 14.1. The van der Waals surface area contributed by atoms with Gasteiger partial charge in [-0.05, 0) is 48.7 Å². The molecular weight excluding hydrogens is 378 g/mol. The number of carbonyl (C=O) groups is 1. The molecule has 0 aliphatic rings. The maximum atomic E-state index is 12.6.